The third-order valence-electron chi connectivity index (χ3n) is 5.54. The van der Waals surface area contributed by atoms with Gasteiger partial charge in [-0.1, -0.05) is 38.5 Å². The second kappa shape index (κ2) is 11.2. The smallest absolute Gasteiger partial charge is 0.214 e. The Morgan fingerprint density at radius 2 is 1.61 bits per heavy atom. The van der Waals surface area contributed by atoms with Gasteiger partial charge in [-0.05, 0) is 49.2 Å². The molecule has 1 heterocycles. The van der Waals surface area contributed by atoms with Crippen LogP contribution in [0.2, 0.25) is 0 Å². The summed E-state index contributed by atoms with van der Waals surface area (Å²) in [5.74, 6) is 3.37. The number of nitrogens with zero attached hydrogens (tertiary/aromatic N) is 1. The molecule has 0 aliphatic carbocycles. The molecular formula is C24H32NO4S2+. The van der Waals surface area contributed by atoms with Gasteiger partial charge >= 0.3 is 0 Å². The average Bonchev–Trinajstić information content (AvgIpc) is 2.80. The van der Waals surface area contributed by atoms with E-state index in [2.05, 4.69) is 0 Å². The molecule has 2 aromatic carbocycles. The van der Waals surface area contributed by atoms with E-state index in [9.17, 15) is 13.2 Å². The number of ketones is 1. The molecule has 1 unspecified atom stereocenters. The molecule has 0 aromatic heterocycles. The van der Waals surface area contributed by atoms with Gasteiger partial charge in [0.05, 0.1) is 18.8 Å². The molecular weight excluding hydrogens is 430 g/mol. The van der Waals surface area contributed by atoms with Crippen molar-refractivity contribution in [2.24, 2.45) is 0 Å². The summed E-state index contributed by atoms with van der Waals surface area (Å²) >= 11 is 0. The molecule has 168 valence electrons. The SMILES string of the molecule is CCCCS(=O)(=O)N1CC[S+](C(CC)C(=O)c2ccc(Oc3ccccc3)cc2)CC1. The van der Waals surface area contributed by atoms with Crippen molar-refractivity contribution in [2.75, 3.05) is 30.3 Å². The van der Waals surface area contributed by atoms with Crippen LogP contribution in [0.1, 0.15) is 43.5 Å². The third-order valence-corrected chi connectivity index (χ3v) is 10.3. The Bertz CT molecular complexity index is 937. The van der Waals surface area contributed by atoms with Crippen molar-refractivity contribution in [3.05, 3.63) is 60.2 Å². The lowest BCUT2D eigenvalue weighted by atomic mass is 10.1. The van der Waals surface area contributed by atoms with Crippen LogP contribution in [0.4, 0.5) is 0 Å². The van der Waals surface area contributed by atoms with E-state index < -0.39 is 10.0 Å². The number of Topliss-reactive ketones (excluding diaryl/α,β-unsaturated/α-hetero) is 1. The predicted molar refractivity (Wildman–Crippen MR) is 129 cm³/mol. The van der Waals surface area contributed by atoms with E-state index in [0.29, 0.717) is 30.8 Å². The van der Waals surface area contributed by atoms with Crippen molar-refractivity contribution in [3.8, 4) is 11.5 Å². The molecule has 1 fully saturated rings. The monoisotopic (exact) mass is 462 g/mol. The van der Waals surface area contributed by atoms with Gasteiger partial charge in [0.1, 0.15) is 23.0 Å². The van der Waals surface area contributed by atoms with E-state index in [1.165, 1.54) is 0 Å². The fourth-order valence-corrected chi connectivity index (χ4v) is 8.22. The minimum atomic E-state index is -3.17. The Morgan fingerprint density at radius 1 is 1.00 bits per heavy atom. The fourth-order valence-electron chi connectivity index (χ4n) is 3.74. The molecule has 2 aromatic rings. The van der Waals surface area contributed by atoms with E-state index in [0.717, 1.165) is 30.1 Å². The Hall–Kier alpha value is -1.83. The molecule has 1 aliphatic heterocycles. The highest BCUT2D eigenvalue weighted by Gasteiger charge is 2.40. The van der Waals surface area contributed by atoms with Crippen LogP contribution in [0.15, 0.2) is 54.6 Å². The summed E-state index contributed by atoms with van der Waals surface area (Å²) in [6, 6.07) is 16.9. The van der Waals surface area contributed by atoms with Gasteiger partial charge in [-0.25, -0.2) is 8.42 Å². The Kier molecular flexibility index (Phi) is 8.58. The minimum absolute atomic E-state index is 0.0543. The second-order valence-electron chi connectivity index (χ2n) is 7.71. The first kappa shape index (κ1) is 23.8. The van der Waals surface area contributed by atoms with Crippen LogP contribution in [-0.4, -0.2) is 54.1 Å². The minimum Gasteiger partial charge on any atom is -0.457 e. The first-order chi connectivity index (χ1) is 14.9. The van der Waals surface area contributed by atoms with Gasteiger partial charge in [-0.15, -0.1) is 0 Å². The molecule has 0 radical (unpaired) electrons. The Morgan fingerprint density at radius 3 is 2.19 bits per heavy atom. The number of benzene rings is 2. The van der Waals surface area contributed by atoms with Crippen molar-refractivity contribution in [3.63, 3.8) is 0 Å². The van der Waals surface area contributed by atoms with Gasteiger partial charge in [0, 0.05) is 16.5 Å². The van der Waals surface area contributed by atoms with Gasteiger partial charge in [0.25, 0.3) is 0 Å². The zero-order valence-corrected chi connectivity index (χ0v) is 20.0. The number of unbranched alkanes of at least 4 members (excludes halogenated alkanes) is 1. The van der Waals surface area contributed by atoms with E-state index in [1.807, 2.05) is 68.4 Å². The molecule has 31 heavy (non-hydrogen) atoms. The molecule has 3 rings (SSSR count). The van der Waals surface area contributed by atoms with Gasteiger partial charge in [-0.2, -0.15) is 4.31 Å². The zero-order valence-electron chi connectivity index (χ0n) is 18.3. The van der Waals surface area contributed by atoms with E-state index in [4.69, 9.17) is 4.74 Å². The van der Waals surface area contributed by atoms with Crippen molar-refractivity contribution in [2.45, 2.75) is 38.4 Å². The zero-order chi connectivity index (χ0) is 22.3. The first-order valence-corrected chi connectivity index (χ1v) is 14.2. The van der Waals surface area contributed by atoms with Crippen LogP contribution in [0, 0.1) is 0 Å². The lowest BCUT2D eigenvalue weighted by Crippen LogP contribution is -2.49. The lowest BCUT2D eigenvalue weighted by Gasteiger charge is -2.28. The molecule has 1 aliphatic rings. The van der Waals surface area contributed by atoms with Gasteiger partial charge in [-0.3, -0.25) is 4.79 Å². The molecule has 0 bridgehead atoms. The number of para-hydroxylation sites is 1. The molecule has 0 spiro atoms. The average molecular weight is 463 g/mol. The van der Waals surface area contributed by atoms with E-state index >= 15 is 0 Å². The van der Waals surface area contributed by atoms with E-state index in [-0.39, 0.29) is 27.7 Å². The van der Waals surface area contributed by atoms with Crippen molar-refractivity contribution < 1.29 is 17.9 Å². The second-order valence-corrected chi connectivity index (χ2v) is 12.3. The van der Waals surface area contributed by atoms with Crippen LogP contribution in [0.3, 0.4) is 0 Å². The number of hydrogen-bond acceptors (Lipinski definition) is 4. The summed E-state index contributed by atoms with van der Waals surface area (Å²) < 4.78 is 32.4. The van der Waals surface area contributed by atoms with Crippen LogP contribution in [0.5, 0.6) is 11.5 Å². The van der Waals surface area contributed by atoms with Crippen LogP contribution < -0.4 is 4.74 Å². The normalized spacial score (nSPS) is 16.7. The lowest BCUT2D eigenvalue weighted by molar-refractivity contribution is 0.0987. The molecule has 0 amide bonds. The highest BCUT2D eigenvalue weighted by atomic mass is 32.2. The summed E-state index contributed by atoms with van der Waals surface area (Å²) in [5.41, 5.74) is 0.692. The largest absolute Gasteiger partial charge is 0.457 e. The van der Waals surface area contributed by atoms with Crippen LogP contribution in [0.25, 0.3) is 0 Å². The van der Waals surface area contributed by atoms with Gasteiger partial charge < -0.3 is 4.74 Å². The Labute approximate surface area is 189 Å². The standard InChI is InChI=1S/C24H32NO4S2/c1-3-5-19-31(27,28)25-15-17-30(18-16-25)23(4-2)24(26)20-11-13-22(14-12-20)29-21-9-7-6-8-10-21/h6-14,23H,3-5,15-19H2,1-2H3/q+1. The van der Waals surface area contributed by atoms with Gasteiger partial charge in [0.15, 0.2) is 5.25 Å². The molecule has 0 N–H and O–H groups in total. The molecule has 5 nitrogen and oxygen atoms in total. The molecule has 1 saturated heterocycles. The first-order valence-electron chi connectivity index (χ1n) is 11.0. The van der Waals surface area contributed by atoms with Crippen LogP contribution >= 0.6 is 0 Å². The summed E-state index contributed by atoms with van der Waals surface area (Å²) in [4.78, 5) is 13.2. The van der Waals surface area contributed by atoms with Crippen molar-refractivity contribution in [1.82, 2.24) is 4.31 Å². The topological polar surface area (TPSA) is 63.7 Å². The Balaban J connectivity index is 1.60. The highest BCUT2D eigenvalue weighted by Crippen LogP contribution is 2.25. The number of ether oxygens (including phenoxy) is 1. The summed E-state index contributed by atoms with van der Waals surface area (Å²) in [6.07, 6.45) is 2.34. The maximum Gasteiger partial charge on any atom is 0.214 e. The van der Waals surface area contributed by atoms with Gasteiger partial charge in [0.2, 0.25) is 15.8 Å². The maximum atomic E-state index is 13.2. The summed E-state index contributed by atoms with van der Waals surface area (Å²) in [7, 11) is -3.26. The summed E-state index contributed by atoms with van der Waals surface area (Å²) in [6.45, 7) is 5.11. The fraction of sp³-hybridized carbons (Fsp3) is 0.458. The number of carbonyl (C=O) groups excluding carboxylic acids is 1. The van der Waals surface area contributed by atoms with Crippen molar-refractivity contribution in [1.29, 1.82) is 0 Å². The number of rotatable bonds is 10. The third kappa shape index (κ3) is 6.34. The van der Waals surface area contributed by atoms with E-state index in [1.54, 1.807) is 4.31 Å². The predicted octanol–water partition coefficient (Wildman–Crippen LogP) is 4.50. The van der Waals surface area contributed by atoms with Crippen molar-refractivity contribution >= 4 is 26.7 Å². The molecule has 0 saturated carbocycles. The maximum absolute atomic E-state index is 13.2. The molecule has 7 heteroatoms. The number of sulfonamides is 1. The highest BCUT2D eigenvalue weighted by molar-refractivity contribution is 7.98. The number of carbonyl (C=O) groups is 1. The summed E-state index contributed by atoms with van der Waals surface area (Å²) in [5, 5.41) is -0.0543. The molecule has 1 atom stereocenters. The van der Waals surface area contributed by atoms with Crippen LogP contribution in [-0.2, 0) is 20.9 Å². The quantitative estimate of drug-likeness (QED) is 0.385. The number of hydrogen-bond donors (Lipinski definition) is 0.